The summed E-state index contributed by atoms with van der Waals surface area (Å²) in [5.41, 5.74) is 3.23. The van der Waals surface area contributed by atoms with Gasteiger partial charge in [0.05, 0.1) is 54.8 Å². The second-order valence-electron chi connectivity index (χ2n) is 39.2. The summed E-state index contributed by atoms with van der Waals surface area (Å²) in [5, 5.41) is 19.0. The molecule has 760 valence electrons. The Balaban J connectivity index is 0.000000140. The second-order valence-corrected chi connectivity index (χ2v) is 43.1. The molecule has 5 atom stereocenters. The largest absolute Gasteiger partial charge is 0.465 e. The number of amides is 5. The van der Waals surface area contributed by atoms with E-state index < -0.39 is 98.4 Å². The lowest BCUT2D eigenvalue weighted by Gasteiger charge is -2.40. The van der Waals surface area contributed by atoms with Crippen molar-refractivity contribution in [3.63, 3.8) is 0 Å². The molecule has 37 heteroatoms. The monoisotopic (exact) mass is 2280 g/mol. The van der Waals surface area contributed by atoms with Crippen molar-refractivity contribution in [3.8, 4) is 33.8 Å². The third kappa shape index (κ3) is 25.6. The van der Waals surface area contributed by atoms with Crippen molar-refractivity contribution in [2.45, 2.75) is 185 Å². The molecule has 3 aromatic heterocycles. The lowest BCUT2D eigenvalue weighted by Crippen LogP contribution is -2.50. The van der Waals surface area contributed by atoms with Crippen LogP contribution in [0.3, 0.4) is 0 Å². The van der Waals surface area contributed by atoms with E-state index in [2.05, 4.69) is 84.3 Å². The van der Waals surface area contributed by atoms with Crippen LogP contribution >= 0.6 is 70.4 Å². The summed E-state index contributed by atoms with van der Waals surface area (Å²) >= 11 is 11.5. The van der Waals surface area contributed by atoms with Crippen LogP contribution in [0.4, 0.5) is 58.3 Å². The molecule has 3 unspecified atom stereocenters. The van der Waals surface area contributed by atoms with E-state index in [0.717, 1.165) is 50.5 Å². The molecule has 143 heavy (non-hydrogen) atoms. The average molecular weight is 2290 g/mol. The number of ether oxygens (including phenoxy) is 4. The van der Waals surface area contributed by atoms with Gasteiger partial charge in [0.2, 0.25) is 0 Å². The number of nitrogens with one attached hydrogen (secondary N) is 7. The van der Waals surface area contributed by atoms with Crippen LogP contribution in [-0.4, -0.2) is 160 Å². The van der Waals surface area contributed by atoms with Gasteiger partial charge in [0.15, 0.2) is 22.7 Å². The van der Waals surface area contributed by atoms with E-state index in [9.17, 15) is 55.8 Å². The van der Waals surface area contributed by atoms with Gasteiger partial charge in [-0.2, -0.15) is 0 Å². The maximum Gasteiger partial charge on any atom is 0.410 e. The Hall–Kier alpha value is -10.9. The van der Waals surface area contributed by atoms with E-state index in [1.165, 1.54) is 82.5 Å². The molecule has 8 N–H and O–H groups in total. The van der Waals surface area contributed by atoms with Gasteiger partial charge in [-0.05, 0) is 265 Å². The van der Waals surface area contributed by atoms with Crippen molar-refractivity contribution in [2.24, 2.45) is 0 Å². The van der Waals surface area contributed by atoms with Crippen molar-refractivity contribution in [1.29, 1.82) is 0 Å². The van der Waals surface area contributed by atoms with Gasteiger partial charge in [-0.15, -0.1) is 0 Å². The van der Waals surface area contributed by atoms with Crippen LogP contribution in [0.25, 0.3) is 66.5 Å². The zero-order valence-corrected chi connectivity index (χ0v) is 87.1. The number of H-pyrrole nitrogens is 3. The molecule has 0 bridgehead atoms. The number of fused-ring (bicyclic) bond motifs is 1. The van der Waals surface area contributed by atoms with Gasteiger partial charge in [-0.25, -0.2) is 74.0 Å². The zero-order valence-electron chi connectivity index (χ0n) is 80.2. The maximum atomic E-state index is 15.9. The molecule has 5 fully saturated rings. The van der Waals surface area contributed by atoms with E-state index in [1.54, 1.807) is 153 Å². The maximum absolute atomic E-state index is 15.9. The third-order valence-corrected chi connectivity index (χ3v) is 27.5. The molecular formula is C106H110Br3F10IN10O13. The van der Waals surface area contributed by atoms with Gasteiger partial charge in [0.1, 0.15) is 70.5 Å². The second kappa shape index (κ2) is 44.6. The average Bonchev–Trinajstić information content (AvgIpc) is 1.53. The number of likely N-dealkylation sites (tertiary alicyclic amines) is 3. The predicted octanol–water partition coefficient (Wildman–Crippen LogP) is 25.1. The van der Waals surface area contributed by atoms with Crippen LogP contribution in [0.2, 0.25) is 0 Å². The number of halogens is 14. The summed E-state index contributed by atoms with van der Waals surface area (Å²) in [6.07, 6.45) is 2.45. The highest BCUT2D eigenvalue weighted by Gasteiger charge is 2.46. The fourth-order valence-corrected chi connectivity index (χ4v) is 19.8. The quantitative estimate of drug-likeness (QED) is 0.0219. The van der Waals surface area contributed by atoms with Gasteiger partial charge < -0.3 is 64.3 Å². The van der Waals surface area contributed by atoms with Crippen LogP contribution < -0.4 is 21.6 Å². The van der Waals surface area contributed by atoms with Gasteiger partial charge >= 0.3 is 24.2 Å². The topological polar surface area (TPSA) is 283 Å². The van der Waals surface area contributed by atoms with Crippen LogP contribution in [0.15, 0.2) is 183 Å². The van der Waals surface area contributed by atoms with Crippen molar-refractivity contribution in [2.75, 3.05) is 72.6 Å². The summed E-state index contributed by atoms with van der Waals surface area (Å²) in [6, 6.07) is 45.0. The number of piperidine rings is 5. The van der Waals surface area contributed by atoms with Gasteiger partial charge in [-0.3, -0.25) is 19.3 Å². The van der Waals surface area contributed by atoms with Gasteiger partial charge in [0.25, 0.3) is 11.8 Å². The number of aliphatic hydroxyl groups is 1. The minimum Gasteiger partial charge on any atom is -0.465 e. The number of nitrogens with zero attached hydrogens (tertiary/aromatic N) is 3. The number of carbonyl (C=O) groups is 6. The number of β-amino-alcohol motifs (C(OH)–C–C–N with tert-alkyl or cyclic N) is 1. The molecule has 9 aromatic carbocycles. The molecule has 5 saturated heterocycles. The minimum absolute atomic E-state index is 0.0102. The number of benzene rings is 9. The van der Waals surface area contributed by atoms with Gasteiger partial charge in [-0.1, -0.05) is 115 Å². The number of aromatic nitrogens is 3. The highest BCUT2D eigenvalue weighted by Crippen LogP contribution is 2.46. The number of aromatic amines is 3. The normalized spacial score (nSPS) is 20.7. The van der Waals surface area contributed by atoms with E-state index in [-0.39, 0.29) is 104 Å². The lowest BCUT2D eigenvalue weighted by atomic mass is 9.85. The Morgan fingerprint density at radius 1 is 0.427 bits per heavy atom. The lowest BCUT2D eigenvalue weighted by molar-refractivity contribution is -0.0483. The standard InChI is InChI=1S/C26H28F2N2O4.2C21H19F2N3O2.C16H20BrF2NO2.C16H21BrFNO3.C6H3BrFI/c1-25(2,3)34-24(32)30-12-6-11-26(28,15-30)19-10-9-16(13-20(19)27)22-14-18-17(23(31)33-4)7-5-8-21(18)29-22;2*22-16-9-12(5-6-15(16)21(23)7-2-8-24-11-21)19-14-10-28-26-20(27)13-3-1-4-17(25-19)18(13)14;1-15(2,3)22-14(21)20-8-4-7-16(19,10-20)12-6-5-11(17)9-13(12)18;1-15(2,3)22-14(20)19-8-4-7-16(21,10-19)12-6-5-11(17)9-13(12)18;7-4-1-2-6(9)5(8)3-4/h5,7-10,13-14,29H,6,11-12,15H2,1-4H3;2*1,3-6,9,24-25H,2,7-8,10-11H2,(H,26,27);5-6,9H,4,7-8,10H2,1-3H3;5-6,9,21H,4,7-8,10H2,1-3H3;1-3H/t;2*21-;;;/m.10.../s1. The van der Waals surface area contributed by atoms with Crippen molar-refractivity contribution in [3.05, 3.63) is 277 Å². The summed E-state index contributed by atoms with van der Waals surface area (Å²) in [6.45, 7) is 18.7. The SMILES string of the molecule is CC(C)(C)OC(=O)N1CCCC(F)(c2ccc(Br)cc2F)C1.CC(C)(C)OC(=O)N1CCCC(O)(c2ccc(Br)cc2F)C1.COC(=O)c1cccc2[nH]c(-c3ccc(C4(F)CCCN(C(=O)OC(C)(C)C)C4)c(F)c3)cc12.Fc1cc(Br)ccc1I.O=C1NOCc2c(-c3ccc([C@@]4(F)CCCNC4)c(F)c3)[nH]c3cccc1c23.O=C1NOCc2c(-c3ccc([C@]4(F)CCCNC4)c(F)c3)[nH]c3cccc1c23. The molecule has 19 rings (SSSR count). The fraction of sp³-hybridized carbons (Fsp3) is 0.377. The van der Waals surface area contributed by atoms with Crippen LogP contribution in [0, 0.1) is 38.5 Å². The van der Waals surface area contributed by atoms with Crippen molar-refractivity contribution in [1.82, 2.24) is 51.2 Å². The van der Waals surface area contributed by atoms with E-state index >= 15 is 22.0 Å². The first-order chi connectivity index (χ1) is 67.5. The Morgan fingerprint density at radius 3 is 1.20 bits per heavy atom. The number of hydrogen-bond acceptors (Lipinski definition) is 15. The highest BCUT2D eigenvalue weighted by molar-refractivity contribution is 14.1. The Bertz CT molecular complexity index is 6480. The third-order valence-electron chi connectivity index (χ3n) is 25.1. The summed E-state index contributed by atoms with van der Waals surface area (Å²) < 4.78 is 171. The Morgan fingerprint density at radius 2 is 0.797 bits per heavy atom. The first-order valence-electron chi connectivity index (χ1n) is 46.6. The molecule has 12 aromatic rings. The molecule has 7 aliphatic heterocycles. The molecule has 5 amide bonds. The highest BCUT2D eigenvalue weighted by atomic mass is 127. The number of carbonyl (C=O) groups excluding carboxylic acids is 6. The molecule has 0 spiro atoms. The number of hydroxylamine groups is 2. The minimum atomic E-state index is -2.02. The molecule has 10 heterocycles. The first kappa shape index (κ1) is 108. The van der Waals surface area contributed by atoms with E-state index in [0.29, 0.717) is 145 Å². The summed E-state index contributed by atoms with van der Waals surface area (Å²) in [7, 11) is 1.31. The zero-order chi connectivity index (χ0) is 103. The molecule has 23 nitrogen and oxygen atoms in total. The molecule has 7 aliphatic rings. The number of methoxy groups -OCH3 is 1. The predicted molar refractivity (Wildman–Crippen MR) is 542 cm³/mol. The van der Waals surface area contributed by atoms with Crippen LogP contribution in [-0.2, 0) is 70.1 Å². The number of hydrogen-bond donors (Lipinski definition) is 8. The first-order valence-corrected chi connectivity index (χ1v) is 50.1. The van der Waals surface area contributed by atoms with Crippen molar-refractivity contribution >= 4 is 139 Å². The number of esters is 1. The summed E-state index contributed by atoms with van der Waals surface area (Å²) in [4.78, 5) is 97.5. The van der Waals surface area contributed by atoms with E-state index in [4.69, 9.17) is 28.6 Å². The number of rotatable bonds is 9. The van der Waals surface area contributed by atoms with Gasteiger partial charge in [0, 0.05) is 144 Å². The van der Waals surface area contributed by atoms with E-state index in [1.807, 2.05) is 40.8 Å². The van der Waals surface area contributed by atoms with Crippen molar-refractivity contribution < 1.29 is 106 Å². The summed E-state index contributed by atoms with van der Waals surface area (Å²) in [5.74, 6) is -4.21. The molecule has 0 radical (unpaired) electrons. The smallest absolute Gasteiger partial charge is 0.410 e. The molecule has 0 aliphatic carbocycles. The Labute approximate surface area is 859 Å². The van der Waals surface area contributed by atoms with Crippen LogP contribution in [0.1, 0.15) is 197 Å². The molecule has 0 saturated carbocycles. The molecular weight excluding hydrogens is 2180 g/mol. The number of alkyl halides is 4. The Kier molecular flexibility index (Phi) is 33.6. The van der Waals surface area contributed by atoms with Crippen LogP contribution in [0.5, 0.6) is 0 Å². The fourth-order valence-electron chi connectivity index (χ4n) is 18.5.